The number of esters is 1. The molecule has 0 aliphatic heterocycles. The van der Waals surface area contributed by atoms with E-state index >= 15 is 0 Å². The average Bonchev–Trinajstić information content (AvgIpc) is 2.23. The van der Waals surface area contributed by atoms with Crippen LogP contribution in [0.5, 0.6) is 0 Å². The first-order valence-electron chi connectivity index (χ1n) is 4.73. The third-order valence-electron chi connectivity index (χ3n) is 1.96. The summed E-state index contributed by atoms with van der Waals surface area (Å²) in [4.78, 5) is 15.0. The van der Waals surface area contributed by atoms with Crippen LogP contribution in [0.15, 0.2) is 10.7 Å². The maximum absolute atomic E-state index is 12.8. The molecule has 1 heterocycles. The van der Waals surface area contributed by atoms with Gasteiger partial charge >= 0.3 is 5.97 Å². The van der Waals surface area contributed by atoms with Crippen molar-refractivity contribution in [3.8, 4) is 0 Å². The smallest absolute Gasteiger partial charge is 0.310 e. The highest BCUT2D eigenvalue weighted by molar-refractivity contribution is 9.10. The van der Waals surface area contributed by atoms with Crippen molar-refractivity contribution < 1.29 is 18.3 Å². The standard InChI is InChI=1S/C10H9BrClF2NO2/c1-2-17-6(16)3-5-4-15-9(12)8(11)7(5)10(13)14/h4,10H,2-3H2,1H3. The van der Waals surface area contributed by atoms with Gasteiger partial charge in [-0.1, -0.05) is 11.6 Å². The van der Waals surface area contributed by atoms with Crippen LogP contribution >= 0.6 is 27.5 Å². The van der Waals surface area contributed by atoms with E-state index in [2.05, 4.69) is 20.9 Å². The fourth-order valence-electron chi connectivity index (χ4n) is 1.26. The number of aromatic nitrogens is 1. The second kappa shape index (κ2) is 6.26. The highest BCUT2D eigenvalue weighted by Gasteiger charge is 2.21. The van der Waals surface area contributed by atoms with Crippen molar-refractivity contribution >= 4 is 33.5 Å². The third kappa shape index (κ3) is 3.61. The van der Waals surface area contributed by atoms with Gasteiger partial charge in [-0.2, -0.15) is 0 Å². The van der Waals surface area contributed by atoms with Gasteiger partial charge in [0.15, 0.2) is 0 Å². The lowest BCUT2D eigenvalue weighted by Crippen LogP contribution is -2.10. The van der Waals surface area contributed by atoms with Crippen molar-refractivity contribution in [2.75, 3.05) is 6.61 Å². The topological polar surface area (TPSA) is 39.2 Å². The molecule has 0 N–H and O–H groups in total. The Morgan fingerprint density at radius 3 is 2.82 bits per heavy atom. The Hall–Kier alpha value is -0.750. The normalized spacial score (nSPS) is 10.7. The number of hydrogen-bond donors (Lipinski definition) is 0. The molecule has 3 nitrogen and oxygen atoms in total. The molecule has 1 aromatic heterocycles. The molecule has 0 saturated heterocycles. The van der Waals surface area contributed by atoms with E-state index < -0.39 is 12.4 Å². The molecule has 0 spiro atoms. The van der Waals surface area contributed by atoms with Crippen LogP contribution < -0.4 is 0 Å². The Kier molecular flexibility index (Phi) is 5.27. The van der Waals surface area contributed by atoms with Crippen molar-refractivity contribution in [1.29, 1.82) is 0 Å². The van der Waals surface area contributed by atoms with Gasteiger partial charge in [-0.15, -0.1) is 0 Å². The van der Waals surface area contributed by atoms with E-state index in [4.69, 9.17) is 16.3 Å². The second-order valence-corrected chi connectivity index (χ2v) is 4.24. The number of ether oxygens (including phenoxy) is 1. The molecule has 0 saturated carbocycles. The second-order valence-electron chi connectivity index (χ2n) is 3.08. The lowest BCUT2D eigenvalue weighted by Gasteiger charge is -2.10. The Labute approximate surface area is 110 Å². The van der Waals surface area contributed by atoms with Crippen molar-refractivity contribution in [3.05, 3.63) is 26.9 Å². The maximum atomic E-state index is 12.8. The molecule has 0 radical (unpaired) electrons. The highest BCUT2D eigenvalue weighted by atomic mass is 79.9. The summed E-state index contributed by atoms with van der Waals surface area (Å²) in [5, 5.41) is -0.0621. The molecule has 0 aromatic carbocycles. The monoisotopic (exact) mass is 327 g/mol. The predicted octanol–water partition coefficient (Wildman–Crippen LogP) is 3.54. The quantitative estimate of drug-likeness (QED) is 0.627. The summed E-state index contributed by atoms with van der Waals surface area (Å²) in [7, 11) is 0. The molecule has 0 bridgehead atoms. The summed E-state index contributed by atoms with van der Waals surface area (Å²) >= 11 is 8.55. The molecule has 94 valence electrons. The van der Waals surface area contributed by atoms with Gasteiger partial charge in [-0.3, -0.25) is 4.79 Å². The Morgan fingerprint density at radius 2 is 2.29 bits per heavy atom. The first-order valence-corrected chi connectivity index (χ1v) is 5.91. The lowest BCUT2D eigenvalue weighted by atomic mass is 10.1. The molecule has 0 unspecified atom stereocenters. The Bertz CT molecular complexity index is 429. The highest BCUT2D eigenvalue weighted by Crippen LogP contribution is 2.34. The van der Waals surface area contributed by atoms with Crippen molar-refractivity contribution in [1.82, 2.24) is 4.98 Å². The fourth-order valence-corrected chi connectivity index (χ4v) is 1.94. The van der Waals surface area contributed by atoms with Crippen LogP contribution in [0.2, 0.25) is 5.15 Å². The van der Waals surface area contributed by atoms with Gasteiger partial charge in [0, 0.05) is 11.8 Å². The van der Waals surface area contributed by atoms with E-state index in [1.54, 1.807) is 6.92 Å². The van der Waals surface area contributed by atoms with Crippen LogP contribution in [0, 0.1) is 0 Å². The van der Waals surface area contributed by atoms with Gasteiger partial charge in [0.25, 0.3) is 6.43 Å². The Morgan fingerprint density at radius 1 is 1.65 bits per heavy atom. The summed E-state index contributed by atoms with van der Waals surface area (Å²) in [6.07, 6.45) is -1.84. The summed E-state index contributed by atoms with van der Waals surface area (Å²) in [6.45, 7) is 1.84. The number of pyridine rings is 1. The number of hydrogen-bond acceptors (Lipinski definition) is 3. The summed E-state index contributed by atoms with van der Waals surface area (Å²) in [5.74, 6) is -0.578. The predicted molar refractivity (Wildman–Crippen MR) is 62.2 cm³/mol. The van der Waals surface area contributed by atoms with Crippen molar-refractivity contribution in [3.63, 3.8) is 0 Å². The van der Waals surface area contributed by atoms with Crippen molar-refractivity contribution in [2.45, 2.75) is 19.8 Å². The number of carbonyl (C=O) groups excluding carboxylic acids is 1. The van der Waals surface area contributed by atoms with E-state index in [1.807, 2.05) is 0 Å². The molecular weight excluding hydrogens is 319 g/mol. The number of nitrogens with zero attached hydrogens (tertiary/aromatic N) is 1. The average molecular weight is 329 g/mol. The Balaban J connectivity index is 3.07. The van der Waals surface area contributed by atoms with Gasteiger partial charge in [-0.25, -0.2) is 13.8 Å². The fraction of sp³-hybridized carbons (Fsp3) is 0.400. The van der Waals surface area contributed by atoms with E-state index in [0.717, 1.165) is 6.20 Å². The molecule has 1 rings (SSSR count). The minimum atomic E-state index is -2.74. The molecule has 0 amide bonds. The van der Waals surface area contributed by atoms with Gasteiger partial charge in [-0.05, 0) is 28.4 Å². The molecular formula is C10H9BrClF2NO2. The van der Waals surface area contributed by atoms with Crippen LogP contribution in [0.4, 0.5) is 8.78 Å². The van der Waals surface area contributed by atoms with Crippen LogP contribution in [0.25, 0.3) is 0 Å². The first kappa shape index (κ1) is 14.3. The van der Waals surface area contributed by atoms with Crippen LogP contribution in [-0.4, -0.2) is 17.6 Å². The van der Waals surface area contributed by atoms with E-state index in [-0.39, 0.29) is 33.8 Å². The number of carbonyl (C=O) groups is 1. The largest absolute Gasteiger partial charge is 0.466 e. The summed E-state index contributed by atoms with van der Waals surface area (Å²) in [6, 6.07) is 0. The SMILES string of the molecule is CCOC(=O)Cc1cnc(Cl)c(Br)c1C(F)F. The molecule has 7 heteroatoms. The summed E-state index contributed by atoms with van der Waals surface area (Å²) < 4.78 is 30.4. The van der Waals surface area contributed by atoms with Crippen LogP contribution in [-0.2, 0) is 16.0 Å². The molecule has 1 aromatic rings. The van der Waals surface area contributed by atoms with Gasteiger partial charge < -0.3 is 4.74 Å². The zero-order valence-corrected chi connectivity index (χ0v) is 11.2. The van der Waals surface area contributed by atoms with Gasteiger partial charge in [0.05, 0.1) is 17.5 Å². The van der Waals surface area contributed by atoms with Gasteiger partial charge in [0.1, 0.15) is 5.15 Å². The van der Waals surface area contributed by atoms with E-state index in [0.29, 0.717) is 0 Å². The van der Waals surface area contributed by atoms with E-state index in [1.165, 1.54) is 0 Å². The van der Waals surface area contributed by atoms with Crippen molar-refractivity contribution in [2.24, 2.45) is 0 Å². The van der Waals surface area contributed by atoms with Crippen LogP contribution in [0.1, 0.15) is 24.5 Å². The zero-order valence-electron chi connectivity index (χ0n) is 8.84. The third-order valence-corrected chi connectivity index (χ3v) is 3.27. The molecule has 0 atom stereocenters. The van der Waals surface area contributed by atoms with E-state index in [9.17, 15) is 13.6 Å². The zero-order chi connectivity index (χ0) is 13.0. The molecule has 0 aliphatic carbocycles. The number of halogens is 4. The molecule has 0 fully saturated rings. The van der Waals surface area contributed by atoms with Crippen LogP contribution in [0.3, 0.4) is 0 Å². The lowest BCUT2D eigenvalue weighted by molar-refractivity contribution is -0.142. The molecule has 17 heavy (non-hydrogen) atoms. The molecule has 0 aliphatic rings. The maximum Gasteiger partial charge on any atom is 0.310 e. The first-order chi connectivity index (χ1) is 7.97. The minimum absolute atomic E-state index is 0.0102. The summed E-state index contributed by atoms with van der Waals surface area (Å²) in [5.41, 5.74) is -0.215. The number of alkyl halides is 2. The number of rotatable bonds is 4. The van der Waals surface area contributed by atoms with Gasteiger partial charge in [0.2, 0.25) is 0 Å². The minimum Gasteiger partial charge on any atom is -0.466 e.